The quantitative estimate of drug-likeness (QED) is 0.631. The average molecular weight is 386 g/mol. The molecule has 1 N–H and O–H groups in total. The molecule has 1 saturated heterocycles. The molecule has 152 valence electrons. The fraction of sp³-hybridized carbons (Fsp3) is 0.478. The van der Waals surface area contributed by atoms with Crippen LogP contribution in [0.3, 0.4) is 0 Å². The first-order valence-electron chi connectivity index (χ1n) is 9.90. The summed E-state index contributed by atoms with van der Waals surface area (Å²) >= 11 is 0. The largest absolute Gasteiger partial charge is 0.385 e. The maximum Gasteiger partial charge on any atom is 0.185 e. The molecular formula is C23H30O5. The van der Waals surface area contributed by atoms with E-state index in [0.717, 1.165) is 18.4 Å². The summed E-state index contributed by atoms with van der Waals surface area (Å²) in [6.45, 7) is 1.75. The van der Waals surface area contributed by atoms with Gasteiger partial charge in [-0.15, -0.1) is 0 Å². The highest BCUT2D eigenvalue weighted by molar-refractivity contribution is 5.14. The molecule has 0 amide bonds. The lowest BCUT2D eigenvalue weighted by Gasteiger charge is -2.38. The molecule has 1 aliphatic heterocycles. The number of benzene rings is 2. The number of ether oxygens (including phenoxy) is 4. The van der Waals surface area contributed by atoms with Gasteiger partial charge in [0.25, 0.3) is 0 Å². The lowest BCUT2D eigenvalue weighted by atomic mass is 9.99. The summed E-state index contributed by atoms with van der Waals surface area (Å²) in [6, 6.07) is 20.1. The van der Waals surface area contributed by atoms with Crippen LogP contribution in [0.2, 0.25) is 0 Å². The fourth-order valence-electron chi connectivity index (χ4n) is 3.40. The minimum atomic E-state index is -0.792. The second-order valence-electron chi connectivity index (χ2n) is 7.10. The molecular weight excluding hydrogens is 356 g/mol. The van der Waals surface area contributed by atoms with Crippen LogP contribution in [0.5, 0.6) is 0 Å². The Morgan fingerprint density at radius 2 is 1.61 bits per heavy atom. The third kappa shape index (κ3) is 6.40. The number of aliphatic hydroxyl groups is 1. The lowest BCUT2D eigenvalue weighted by molar-refractivity contribution is -0.267. The van der Waals surface area contributed by atoms with E-state index in [1.165, 1.54) is 5.56 Å². The number of hydrogen-bond acceptors (Lipinski definition) is 5. The Morgan fingerprint density at radius 3 is 2.25 bits per heavy atom. The van der Waals surface area contributed by atoms with Crippen LogP contribution < -0.4 is 0 Å². The van der Waals surface area contributed by atoms with E-state index in [1.807, 2.05) is 48.5 Å². The summed E-state index contributed by atoms with van der Waals surface area (Å²) in [5, 5.41) is 10.5. The van der Waals surface area contributed by atoms with E-state index in [-0.39, 0.29) is 12.2 Å². The van der Waals surface area contributed by atoms with Crippen LogP contribution in [0.15, 0.2) is 60.7 Å². The van der Waals surface area contributed by atoms with E-state index >= 15 is 0 Å². The van der Waals surface area contributed by atoms with Crippen LogP contribution in [-0.2, 0) is 32.2 Å². The summed E-state index contributed by atoms with van der Waals surface area (Å²) < 4.78 is 22.9. The predicted octanol–water partition coefficient (Wildman–Crippen LogP) is 3.69. The number of hydrogen-bond donors (Lipinski definition) is 1. The van der Waals surface area contributed by atoms with Gasteiger partial charge >= 0.3 is 0 Å². The minimum Gasteiger partial charge on any atom is -0.385 e. The van der Waals surface area contributed by atoms with Crippen molar-refractivity contribution < 1.29 is 24.1 Å². The Balaban J connectivity index is 1.42. The molecule has 0 aromatic heterocycles. The summed E-state index contributed by atoms with van der Waals surface area (Å²) in [6.07, 6.45) is 0.585. The number of rotatable bonds is 10. The maximum absolute atomic E-state index is 10.5. The van der Waals surface area contributed by atoms with Gasteiger partial charge < -0.3 is 24.1 Å². The van der Waals surface area contributed by atoms with E-state index in [9.17, 15) is 5.11 Å². The predicted molar refractivity (Wildman–Crippen MR) is 107 cm³/mol. The lowest BCUT2D eigenvalue weighted by Crippen LogP contribution is -2.50. The topological polar surface area (TPSA) is 57.2 Å². The second kappa shape index (κ2) is 11.3. The van der Waals surface area contributed by atoms with Gasteiger partial charge in [-0.2, -0.15) is 0 Å². The van der Waals surface area contributed by atoms with Crippen molar-refractivity contribution in [3.8, 4) is 0 Å². The first kappa shape index (κ1) is 21.0. The Bertz CT molecular complexity index is 663. The molecule has 0 spiro atoms. The van der Waals surface area contributed by atoms with Crippen molar-refractivity contribution in [2.45, 2.75) is 57.1 Å². The first-order chi connectivity index (χ1) is 13.8. The van der Waals surface area contributed by atoms with Gasteiger partial charge in [-0.3, -0.25) is 0 Å². The molecule has 5 heteroatoms. The normalized spacial score (nSPS) is 24.9. The zero-order chi connectivity index (χ0) is 19.6. The Hall–Kier alpha value is -1.76. The van der Waals surface area contributed by atoms with Crippen molar-refractivity contribution >= 4 is 0 Å². The van der Waals surface area contributed by atoms with E-state index in [0.29, 0.717) is 26.2 Å². The van der Waals surface area contributed by atoms with Gasteiger partial charge in [0.1, 0.15) is 6.10 Å². The summed E-state index contributed by atoms with van der Waals surface area (Å²) in [5.41, 5.74) is 2.26. The van der Waals surface area contributed by atoms with Gasteiger partial charge in [0.15, 0.2) is 6.29 Å². The third-order valence-electron chi connectivity index (χ3n) is 4.95. The zero-order valence-corrected chi connectivity index (χ0v) is 16.4. The van der Waals surface area contributed by atoms with Gasteiger partial charge in [-0.1, -0.05) is 60.7 Å². The molecule has 0 radical (unpaired) electrons. The minimum absolute atomic E-state index is 0.0190. The third-order valence-corrected chi connectivity index (χ3v) is 4.95. The Kier molecular flexibility index (Phi) is 8.45. The molecule has 1 fully saturated rings. The van der Waals surface area contributed by atoms with E-state index in [2.05, 4.69) is 12.1 Å². The molecule has 1 aliphatic rings. The molecule has 2 aromatic carbocycles. The highest BCUT2D eigenvalue weighted by Crippen LogP contribution is 2.26. The molecule has 0 unspecified atom stereocenters. The summed E-state index contributed by atoms with van der Waals surface area (Å²) in [5.74, 6) is 0. The van der Waals surface area contributed by atoms with Crippen LogP contribution in [0.4, 0.5) is 0 Å². The maximum atomic E-state index is 10.5. The molecule has 3 rings (SSSR count). The molecule has 28 heavy (non-hydrogen) atoms. The zero-order valence-electron chi connectivity index (χ0n) is 16.4. The second-order valence-corrected chi connectivity index (χ2v) is 7.10. The van der Waals surface area contributed by atoms with Crippen molar-refractivity contribution in [3.63, 3.8) is 0 Å². The van der Waals surface area contributed by atoms with E-state index in [1.54, 1.807) is 7.11 Å². The molecule has 0 bridgehead atoms. The Morgan fingerprint density at radius 1 is 0.964 bits per heavy atom. The smallest absolute Gasteiger partial charge is 0.185 e. The van der Waals surface area contributed by atoms with Crippen LogP contribution in [0.1, 0.15) is 30.4 Å². The monoisotopic (exact) mass is 386 g/mol. The van der Waals surface area contributed by atoms with Gasteiger partial charge in [-0.25, -0.2) is 0 Å². The van der Waals surface area contributed by atoms with Gasteiger partial charge in [0.2, 0.25) is 0 Å². The van der Waals surface area contributed by atoms with Crippen molar-refractivity contribution in [2.75, 3.05) is 13.7 Å². The number of aliphatic hydroxyl groups excluding tert-OH is 1. The SMILES string of the molecule is CO[C@H]1O[C@H](CCCOCc2ccccc2)C[C@H](OCc2ccccc2)[C@@H]1O. The van der Waals surface area contributed by atoms with E-state index < -0.39 is 12.4 Å². The van der Waals surface area contributed by atoms with Crippen LogP contribution >= 0.6 is 0 Å². The highest BCUT2D eigenvalue weighted by atomic mass is 16.7. The Labute approximate surface area is 167 Å². The van der Waals surface area contributed by atoms with Crippen LogP contribution in [0.25, 0.3) is 0 Å². The molecule has 5 nitrogen and oxygen atoms in total. The molecule has 0 aliphatic carbocycles. The van der Waals surface area contributed by atoms with Gasteiger partial charge in [0.05, 0.1) is 25.4 Å². The standard InChI is InChI=1S/C23H30O5/c1-25-23-22(24)21(27-17-19-11-6-3-7-12-19)15-20(28-23)13-8-14-26-16-18-9-4-2-5-10-18/h2-7,9-12,20-24H,8,13-17H2,1H3/t20-,21+,22+,23+/m1/s1. The van der Waals surface area contributed by atoms with Crippen molar-refractivity contribution in [1.82, 2.24) is 0 Å². The van der Waals surface area contributed by atoms with Crippen LogP contribution in [-0.4, -0.2) is 43.4 Å². The molecule has 2 aromatic rings. The summed E-state index contributed by atoms with van der Waals surface area (Å²) in [7, 11) is 1.55. The molecule has 1 heterocycles. The van der Waals surface area contributed by atoms with Crippen LogP contribution in [0, 0.1) is 0 Å². The molecule has 0 saturated carbocycles. The van der Waals surface area contributed by atoms with E-state index in [4.69, 9.17) is 18.9 Å². The fourth-order valence-corrected chi connectivity index (χ4v) is 3.40. The molecule has 4 atom stereocenters. The number of methoxy groups -OCH3 is 1. The van der Waals surface area contributed by atoms with Gasteiger partial charge in [0, 0.05) is 20.1 Å². The summed E-state index contributed by atoms with van der Waals surface area (Å²) in [4.78, 5) is 0. The average Bonchev–Trinajstić information content (AvgIpc) is 2.75. The van der Waals surface area contributed by atoms with Crippen molar-refractivity contribution in [1.29, 1.82) is 0 Å². The first-order valence-corrected chi connectivity index (χ1v) is 9.90. The van der Waals surface area contributed by atoms with Crippen molar-refractivity contribution in [2.24, 2.45) is 0 Å². The van der Waals surface area contributed by atoms with Gasteiger partial charge in [-0.05, 0) is 24.0 Å². The van der Waals surface area contributed by atoms with Crippen molar-refractivity contribution in [3.05, 3.63) is 71.8 Å². The highest BCUT2D eigenvalue weighted by Gasteiger charge is 2.38.